The van der Waals surface area contributed by atoms with E-state index in [1.807, 2.05) is 11.0 Å². The number of rotatable bonds is 3. The van der Waals surface area contributed by atoms with Crippen molar-refractivity contribution >= 4 is 16.9 Å². The lowest BCUT2D eigenvalue weighted by atomic mass is 10.0. The van der Waals surface area contributed by atoms with Crippen molar-refractivity contribution < 1.29 is 13.9 Å². The molecular formula is C17H19NO4. The second kappa shape index (κ2) is 6.22. The molecule has 2 heterocycles. The summed E-state index contributed by atoms with van der Waals surface area (Å²) in [5.74, 6) is 0.529. The second-order valence-corrected chi connectivity index (χ2v) is 5.67. The van der Waals surface area contributed by atoms with Gasteiger partial charge < -0.3 is 14.1 Å². The predicted octanol–water partition coefficient (Wildman–Crippen LogP) is 2.57. The van der Waals surface area contributed by atoms with Gasteiger partial charge in [-0.2, -0.15) is 0 Å². The smallest absolute Gasteiger partial charge is 0.336 e. The van der Waals surface area contributed by atoms with Crippen molar-refractivity contribution in [1.82, 2.24) is 4.90 Å². The van der Waals surface area contributed by atoms with Gasteiger partial charge in [0.05, 0.1) is 0 Å². The number of nitrogens with zero attached hydrogens (tertiary/aromatic N) is 1. The SMILES string of the molecule is C[C@@H]1CCCCN1C(=O)COc1ccc2ccc(=O)oc2c1. The predicted molar refractivity (Wildman–Crippen MR) is 83.0 cm³/mol. The van der Waals surface area contributed by atoms with Crippen molar-refractivity contribution in [1.29, 1.82) is 0 Å². The van der Waals surface area contributed by atoms with Crippen molar-refractivity contribution in [3.8, 4) is 5.75 Å². The van der Waals surface area contributed by atoms with Crippen LogP contribution in [0, 0.1) is 0 Å². The first-order chi connectivity index (χ1) is 10.6. The van der Waals surface area contributed by atoms with Gasteiger partial charge in [0, 0.05) is 30.1 Å². The standard InChI is InChI=1S/C17H19NO4/c1-12-4-2-3-9-18(12)16(19)11-21-14-7-5-13-6-8-17(20)22-15(13)10-14/h5-8,10,12H,2-4,9,11H2,1H3/t12-/m1/s1. The Morgan fingerprint density at radius 2 is 2.14 bits per heavy atom. The van der Waals surface area contributed by atoms with E-state index in [0.717, 1.165) is 24.8 Å². The van der Waals surface area contributed by atoms with Gasteiger partial charge in [-0.15, -0.1) is 0 Å². The van der Waals surface area contributed by atoms with Crippen LogP contribution < -0.4 is 10.4 Å². The van der Waals surface area contributed by atoms with E-state index in [4.69, 9.17) is 9.15 Å². The van der Waals surface area contributed by atoms with Crippen LogP contribution in [0.5, 0.6) is 5.75 Å². The molecule has 1 amide bonds. The van der Waals surface area contributed by atoms with Gasteiger partial charge in [-0.05, 0) is 44.4 Å². The highest BCUT2D eigenvalue weighted by molar-refractivity contribution is 5.79. The molecule has 1 aliphatic rings. The molecule has 1 aromatic heterocycles. The van der Waals surface area contributed by atoms with Crippen LogP contribution in [0.4, 0.5) is 0 Å². The van der Waals surface area contributed by atoms with Crippen LogP contribution in [0.2, 0.25) is 0 Å². The van der Waals surface area contributed by atoms with Crippen molar-refractivity contribution in [3.05, 3.63) is 40.8 Å². The van der Waals surface area contributed by atoms with E-state index in [9.17, 15) is 9.59 Å². The number of fused-ring (bicyclic) bond motifs is 1. The van der Waals surface area contributed by atoms with E-state index in [1.165, 1.54) is 12.5 Å². The van der Waals surface area contributed by atoms with E-state index in [1.54, 1.807) is 18.2 Å². The Hall–Kier alpha value is -2.30. The fraction of sp³-hybridized carbons (Fsp3) is 0.412. The number of carbonyl (C=O) groups is 1. The molecule has 5 nitrogen and oxygen atoms in total. The topological polar surface area (TPSA) is 59.8 Å². The molecule has 1 aliphatic heterocycles. The molecule has 0 bridgehead atoms. The maximum Gasteiger partial charge on any atom is 0.336 e. The molecule has 22 heavy (non-hydrogen) atoms. The van der Waals surface area contributed by atoms with Gasteiger partial charge in [0.25, 0.3) is 5.91 Å². The van der Waals surface area contributed by atoms with Crippen molar-refractivity contribution in [2.24, 2.45) is 0 Å². The fourth-order valence-electron chi connectivity index (χ4n) is 2.83. The summed E-state index contributed by atoms with van der Waals surface area (Å²) < 4.78 is 10.7. The molecule has 0 aliphatic carbocycles. The Morgan fingerprint density at radius 1 is 1.32 bits per heavy atom. The number of likely N-dealkylation sites (tertiary alicyclic amines) is 1. The molecule has 0 unspecified atom stereocenters. The first kappa shape index (κ1) is 14.6. The Kier molecular flexibility index (Phi) is 4.13. The molecule has 0 spiro atoms. The van der Waals surface area contributed by atoms with Crippen LogP contribution >= 0.6 is 0 Å². The molecule has 0 radical (unpaired) electrons. The molecule has 1 fully saturated rings. The lowest BCUT2D eigenvalue weighted by Crippen LogP contribution is -2.44. The maximum absolute atomic E-state index is 12.2. The quantitative estimate of drug-likeness (QED) is 0.818. The normalized spacial score (nSPS) is 18.4. The molecule has 5 heteroatoms. The monoisotopic (exact) mass is 301 g/mol. The average Bonchev–Trinajstić information content (AvgIpc) is 2.52. The molecule has 2 aromatic rings. The highest BCUT2D eigenvalue weighted by atomic mass is 16.5. The van der Waals surface area contributed by atoms with Gasteiger partial charge >= 0.3 is 5.63 Å². The molecule has 1 atom stereocenters. The molecular weight excluding hydrogens is 282 g/mol. The molecule has 1 saturated heterocycles. The summed E-state index contributed by atoms with van der Waals surface area (Å²) in [6.45, 7) is 2.88. The summed E-state index contributed by atoms with van der Waals surface area (Å²) in [5, 5.41) is 0.822. The largest absolute Gasteiger partial charge is 0.484 e. The van der Waals surface area contributed by atoms with Crippen LogP contribution in [0.3, 0.4) is 0 Å². The van der Waals surface area contributed by atoms with Crippen LogP contribution in [0.15, 0.2) is 39.5 Å². The van der Waals surface area contributed by atoms with E-state index in [2.05, 4.69) is 6.92 Å². The number of amides is 1. The van der Waals surface area contributed by atoms with Crippen molar-refractivity contribution in [2.75, 3.05) is 13.2 Å². The average molecular weight is 301 g/mol. The first-order valence-electron chi connectivity index (χ1n) is 7.60. The summed E-state index contributed by atoms with van der Waals surface area (Å²) in [7, 11) is 0. The van der Waals surface area contributed by atoms with E-state index >= 15 is 0 Å². The summed E-state index contributed by atoms with van der Waals surface area (Å²) in [6.07, 6.45) is 3.28. The molecule has 116 valence electrons. The Labute approximate surface area is 128 Å². The summed E-state index contributed by atoms with van der Waals surface area (Å²) >= 11 is 0. The molecule has 0 saturated carbocycles. The second-order valence-electron chi connectivity index (χ2n) is 5.67. The lowest BCUT2D eigenvalue weighted by Gasteiger charge is -2.33. The third-order valence-corrected chi connectivity index (χ3v) is 4.08. The minimum Gasteiger partial charge on any atom is -0.484 e. The third-order valence-electron chi connectivity index (χ3n) is 4.08. The number of hydrogen-bond acceptors (Lipinski definition) is 4. The van der Waals surface area contributed by atoms with Crippen LogP contribution in [-0.4, -0.2) is 30.0 Å². The number of piperidine rings is 1. The summed E-state index contributed by atoms with van der Waals surface area (Å²) in [4.78, 5) is 25.3. The van der Waals surface area contributed by atoms with Crippen molar-refractivity contribution in [3.63, 3.8) is 0 Å². The zero-order valence-electron chi connectivity index (χ0n) is 12.6. The number of hydrogen-bond donors (Lipinski definition) is 0. The van der Waals surface area contributed by atoms with E-state index in [0.29, 0.717) is 11.3 Å². The van der Waals surface area contributed by atoms with Gasteiger partial charge in [0.2, 0.25) is 0 Å². The van der Waals surface area contributed by atoms with Crippen LogP contribution in [0.25, 0.3) is 11.0 Å². The fourth-order valence-corrected chi connectivity index (χ4v) is 2.83. The zero-order chi connectivity index (χ0) is 15.5. The Balaban J connectivity index is 1.68. The Bertz CT molecular complexity index is 737. The molecule has 1 aromatic carbocycles. The van der Waals surface area contributed by atoms with Crippen LogP contribution in [-0.2, 0) is 4.79 Å². The number of ether oxygens (including phenoxy) is 1. The number of carbonyl (C=O) groups excluding carboxylic acids is 1. The Morgan fingerprint density at radius 3 is 2.95 bits per heavy atom. The highest BCUT2D eigenvalue weighted by Gasteiger charge is 2.23. The lowest BCUT2D eigenvalue weighted by molar-refractivity contribution is -0.136. The maximum atomic E-state index is 12.2. The van der Waals surface area contributed by atoms with Crippen LogP contribution in [0.1, 0.15) is 26.2 Å². The van der Waals surface area contributed by atoms with Gasteiger partial charge in [-0.25, -0.2) is 4.79 Å². The van der Waals surface area contributed by atoms with E-state index in [-0.39, 0.29) is 18.6 Å². The highest BCUT2D eigenvalue weighted by Crippen LogP contribution is 2.20. The van der Waals surface area contributed by atoms with Gasteiger partial charge in [0.1, 0.15) is 11.3 Å². The van der Waals surface area contributed by atoms with Gasteiger partial charge in [-0.1, -0.05) is 0 Å². The van der Waals surface area contributed by atoms with Gasteiger partial charge in [-0.3, -0.25) is 4.79 Å². The minimum atomic E-state index is -0.400. The third kappa shape index (κ3) is 3.13. The van der Waals surface area contributed by atoms with E-state index < -0.39 is 5.63 Å². The minimum absolute atomic E-state index is 0.00168. The van der Waals surface area contributed by atoms with Gasteiger partial charge in [0.15, 0.2) is 6.61 Å². The summed E-state index contributed by atoms with van der Waals surface area (Å²) in [5.41, 5.74) is 0.0617. The van der Waals surface area contributed by atoms with Crippen molar-refractivity contribution in [2.45, 2.75) is 32.2 Å². The zero-order valence-corrected chi connectivity index (χ0v) is 12.6. The first-order valence-corrected chi connectivity index (χ1v) is 7.60. The molecule has 0 N–H and O–H groups in total. The number of benzene rings is 1. The molecule has 3 rings (SSSR count). The summed E-state index contributed by atoms with van der Waals surface area (Å²) in [6, 6.07) is 8.58.